The average molecular weight is 134 g/mol. The van der Waals surface area contributed by atoms with Gasteiger partial charge in [-0.1, -0.05) is 13.2 Å². The van der Waals surface area contributed by atoms with Gasteiger partial charge in [-0.15, -0.1) is 11.5 Å². The first-order chi connectivity index (χ1) is 4.91. The Bertz CT molecular complexity index is 133. The first-order valence-electron chi connectivity index (χ1n) is 3.60. The predicted molar refractivity (Wildman–Crippen MR) is 45.9 cm³/mol. The maximum Gasteiger partial charge on any atom is -0.0274 e. The minimum atomic E-state index is 1.09. The van der Waals surface area contributed by atoms with Crippen LogP contribution in [0.1, 0.15) is 25.7 Å². The van der Waals surface area contributed by atoms with Gasteiger partial charge >= 0.3 is 0 Å². The Balaban J connectivity index is 3.04. The lowest BCUT2D eigenvalue weighted by atomic mass is 10.2. The third kappa shape index (κ3) is 7.04. The Kier molecular flexibility index (Phi) is 7.27. The molecule has 0 saturated carbocycles. The van der Waals surface area contributed by atoms with Gasteiger partial charge in [0.25, 0.3) is 0 Å². The molecular formula is C10H14. The van der Waals surface area contributed by atoms with Crippen molar-refractivity contribution in [1.82, 2.24) is 0 Å². The van der Waals surface area contributed by atoms with E-state index in [2.05, 4.69) is 24.6 Å². The van der Waals surface area contributed by atoms with E-state index in [0.717, 1.165) is 12.8 Å². The van der Waals surface area contributed by atoms with Crippen molar-refractivity contribution in [3.05, 3.63) is 36.8 Å². The third-order valence-electron chi connectivity index (χ3n) is 1.24. The highest BCUT2D eigenvalue weighted by Gasteiger charge is 1.80. The molecule has 0 N–H and O–H groups in total. The van der Waals surface area contributed by atoms with E-state index in [1.165, 1.54) is 12.8 Å². The number of allylic oxidation sites excluding steroid dienone is 2. The molecule has 0 saturated heterocycles. The second-order valence-electron chi connectivity index (χ2n) is 2.10. The van der Waals surface area contributed by atoms with Gasteiger partial charge in [-0.3, -0.25) is 0 Å². The Morgan fingerprint density at radius 2 is 1.30 bits per heavy atom. The van der Waals surface area contributed by atoms with Crippen molar-refractivity contribution in [2.45, 2.75) is 25.7 Å². The molecule has 0 nitrogen and oxygen atoms in total. The van der Waals surface area contributed by atoms with Crippen molar-refractivity contribution in [3.63, 3.8) is 0 Å². The Morgan fingerprint density at radius 3 is 1.60 bits per heavy atom. The van der Waals surface area contributed by atoms with Crippen molar-refractivity contribution >= 4 is 0 Å². The summed E-state index contributed by atoms with van der Waals surface area (Å²) in [6.45, 7) is 6.97. The first-order valence-corrected chi connectivity index (χ1v) is 3.60. The lowest BCUT2D eigenvalue weighted by Gasteiger charge is -1.89. The second kappa shape index (κ2) is 8.04. The zero-order valence-corrected chi connectivity index (χ0v) is 6.40. The van der Waals surface area contributed by atoms with E-state index in [1.807, 2.05) is 12.2 Å². The molecule has 0 bridgehead atoms. The number of rotatable bonds is 5. The van der Waals surface area contributed by atoms with Gasteiger partial charge in [-0.2, -0.15) is 0 Å². The summed E-state index contributed by atoms with van der Waals surface area (Å²) < 4.78 is 0. The summed E-state index contributed by atoms with van der Waals surface area (Å²) in [5.41, 5.74) is 5.49. The van der Waals surface area contributed by atoms with Crippen LogP contribution in [0.4, 0.5) is 0 Å². The van der Waals surface area contributed by atoms with Gasteiger partial charge in [-0.05, 0) is 37.8 Å². The summed E-state index contributed by atoms with van der Waals surface area (Å²) in [4.78, 5) is 0. The van der Waals surface area contributed by atoms with E-state index in [0.29, 0.717) is 0 Å². The molecule has 10 heavy (non-hydrogen) atoms. The van der Waals surface area contributed by atoms with E-state index in [1.54, 1.807) is 0 Å². The van der Waals surface area contributed by atoms with Crippen LogP contribution in [-0.2, 0) is 0 Å². The fraction of sp³-hybridized carbons (Fsp3) is 0.400. The summed E-state index contributed by atoms with van der Waals surface area (Å²) in [7, 11) is 0. The molecule has 0 spiro atoms. The molecule has 0 unspecified atom stereocenters. The largest absolute Gasteiger partial charge is 0.133 e. The summed E-state index contributed by atoms with van der Waals surface area (Å²) in [6, 6.07) is 0. The summed E-state index contributed by atoms with van der Waals surface area (Å²) in [5.74, 6) is 0. The predicted octanol–water partition coefficient (Wildman–Crippen LogP) is 3.23. The smallest absolute Gasteiger partial charge is 0.0274 e. The molecule has 0 fully saturated rings. The van der Waals surface area contributed by atoms with Crippen molar-refractivity contribution in [2.24, 2.45) is 0 Å². The lowest BCUT2D eigenvalue weighted by molar-refractivity contribution is 0.763. The highest BCUT2D eigenvalue weighted by atomic mass is 13.9. The van der Waals surface area contributed by atoms with Crippen molar-refractivity contribution in [3.8, 4) is 0 Å². The summed E-state index contributed by atoms with van der Waals surface area (Å²) >= 11 is 0. The Hall–Kier alpha value is -0.960. The molecule has 54 valence electrons. The topological polar surface area (TPSA) is 0 Å². The van der Waals surface area contributed by atoms with Crippen LogP contribution in [0.25, 0.3) is 0 Å². The van der Waals surface area contributed by atoms with Crippen molar-refractivity contribution < 1.29 is 0 Å². The van der Waals surface area contributed by atoms with Gasteiger partial charge in [0.1, 0.15) is 0 Å². The fourth-order valence-electron chi connectivity index (χ4n) is 0.697. The quantitative estimate of drug-likeness (QED) is 0.400. The van der Waals surface area contributed by atoms with E-state index >= 15 is 0 Å². The molecular weight excluding hydrogens is 120 g/mol. The van der Waals surface area contributed by atoms with Crippen LogP contribution >= 0.6 is 0 Å². The monoisotopic (exact) mass is 134 g/mol. The van der Waals surface area contributed by atoms with Crippen LogP contribution in [0.5, 0.6) is 0 Å². The van der Waals surface area contributed by atoms with Gasteiger partial charge in [0.2, 0.25) is 0 Å². The molecule has 0 heterocycles. The Morgan fingerprint density at radius 1 is 0.900 bits per heavy atom. The maximum atomic E-state index is 3.48. The normalized spacial score (nSPS) is 7.60. The molecule has 0 aliphatic rings. The maximum absolute atomic E-state index is 3.48. The average Bonchev–Trinajstić information content (AvgIpc) is 1.97. The summed E-state index contributed by atoms with van der Waals surface area (Å²) in [6.07, 6.45) is 8.54. The molecule has 0 radical (unpaired) electrons. The van der Waals surface area contributed by atoms with Crippen LogP contribution in [0.15, 0.2) is 36.8 Å². The molecule has 0 aromatic heterocycles. The Labute approximate surface area is 63.3 Å². The van der Waals surface area contributed by atoms with Crippen LogP contribution in [0, 0.1) is 0 Å². The first kappa shape index (κ1) is 9.04. The van der Waals surface area contributed by atoms with Crippen molar-refractivity contribution in [1.29, 1.82) is 0 Å². The molecule has 0 atom stereocenters. The van der Waals surface area contributed by atoms with Gasteiger partial charge < -0.3 is 0 Å². The summed E-state index contributed by atoms with van der Waals surface area (Å²) in [5, 5.41) is 0. The SMILES string of the molecule is C=C=CCCCCC=C=C. The third-order valence-corrected chi connectivity index (χ3v) is 1.24. The van der Waals surface area contributed by atoms with Gasteiger partial charge in [0.05, 0.1) is 0 Å². The minimum absolute atomic E-state index is 1.09. The molecule has 0 aliphatic heterocycles. The van der Waals surface area contributed by atoms with E-state index < -0.39 is 0 Å². The fourth-order valence-corrected chi connectivity index (χ4v) is 0.697. The van der Waals surface area contributed by atoms with Crippen LogP contribution in [0.2, 0.25) is 0 Å². The van der Waals surface area contributed by atoms with Gasteiger partial charge in [0.15, 0.2) is 0 Å². The molecule has 0 heteroatoms. The highest BCUT2D eigenvalue weighted by Crippen LogP contribution is 1.99. The highest BCUT2D eigenvalue weighted by molar-refractivity contribution is 4.78. The second-order valence-corrected chi connectivity index (χ2v) is 2.10. The molecule has 0 rings (SSSR count). The number of unbranched alkanes of at least 4 members (excludes halogenated alkanes) is 3. The van der Waals surface area contributed by atoms with E-state index in [-0.39, 0.29) is 0 Å². The molecule has 0 amide bonds. The van der Waals surface area contributed by atoms with Crippen LogP contribution in [-0.4, -0.2) is 0 Å². The zero-order valence-electron chi connectivity index (χ0n) is 6.40. The van der Waals surface area contributed by atoms with Crippen molar-refractivity contribution in [2.75, 3.05) is 0 Å². The molecule has 0 aromatic rings. The molecule has 0 aromatic carbocycles. The van der Waals surface area contributed by atoms with Gasteiger partial charge in [0, 0.05) is 0 Å². The van der Waals surface area contributed by atoms with E-state index in [4.69, 9.17) is 0 Å². The van der Waals surface area contributed by atoms with Crippen LogP contribution in [0.3, 0.4) is 0 Å². The number of hydrogen-bond acceptors (Lipinski definition) is 0. The lowest BCUT2D eigenvalue weighted by Crippen LogP contribution is -1.70. The molecule has 0 aliphatic carbocycles. The standard InChI is InChI=1S/C10H14/c1-3-5-7-9-10-8-6-4-2/h5-6H,1-2,7-10H2. The number of hydrogen-bond donors (Lipinski definition) is 0. The zero-order chi connectivity index (χ0) is 7.66. The van der Waals surface area contributed by atoms with Crippen LogP contribution < -0.4 is 0 Å². The minimum Gasteiger partial charge on any atom is -0.133 e. The van der Waals surface area contributed by atoms with E-state index in [9.17, 15) is 0 Å². The van der Waals surface area contributed by atoms with Gasteiger partial charge in [-0.25, -0.2) is 0 Å².